The number of hydrogen-bond donors (Lipinski definition) is 2. The van der Waals surface area contributed by atoms with Crippen LogP contribution in [-0.2, 0) is 0 Å². The lowest BCUT2D eigenvalue weighted by atomic mass is 9.96. The van der Waals surface area contributed by atoms with Crippen molar-refractivity contribution in [2.24, 2.45) is 11.8 Å². The van der Waals surface area contributed by atoms with Crippen LogP contribution in [-0.4, -0.2) is 82.3 Å². The van der Waals surface area contributed by atoms with Gasteiger partial charge in [-0.15, -0.1) is 0 Å². The number of hydrogen-bond acceptors (Lipinski definition) is 6. The van der Waals surface area contributed by atoms with E-state index in [1.54, 1.807) is 17.9 Å². The molecule has 1 aliphatic heterocycles. The van der Waals surface area contributed by atoms with Gasteiger partial charge in [-0.25, -0.2) is 9.97 Å². The Morgan fingerprint density at radius 2 is 2.00 bits per heavy atom. The highest BCUT2D eigenvalue weighted by Gasteiger charge is 2.36. The maximum absolute atomic E-state index is 12.7. The first-order chi connectivity index (χ1) is 10.9. The topological polar surface area (TPSA) is 89.8 Å². The van der Waals surface area contributed by atoms with Gasteiger partial charge in [-0.05, 0) is 32.9 Å². The molecule has 2 N–H and O–H groups in total. The number of aliphatic hydroxyl groups excluding tert-OH is 2. The molecule has 2 atom stereocenters. The molecule has 0 aliphatic carbocycles. The van der Waals surface area contributed by atoms with Gasteiger partial charge in [0.1, 0.15) is 11.5 Å². The van der Waals surface area contributed by atoms with Crippen molar-refractivity contribution in [1.82, 2.24) is 19.8 Å². The summed E-state index contributed by atoms with van der Waals surface area (Å²) < 4.78 is 0. The van der Waals surface area contributed by atoms with Gasteiger partial charge in [0.25, 0.3) is 5.91 Å². The molecule has 1 aromatic heterocycles. The van der Waals surface area contributed by atoms with E-state index in [0.29, 0.717) is 31.2 Å². The molecular weight excluding hydrogens is 296 g/mol. The van der Waals surface area contributed by atoms with E-state index in [0.717, 1.165) is 12.2 Å². The lowest BCUT2D eigenvalue weighted by molar-refractivity contribution is 0.0772. The summed E-state index contributed by atoms with van der Waals surface area (Å²) in [5.74, 6) is 0.739. The molecule has 0 radical (unpaired) electrons. The van der Waals surface area contributed by atoms with Crippen LogP contribution in [0.2, 0.25) is 0 Å². The third-order valence-corrected chi connectivity index (χ3v) is 4.31. The Balaban J connectivity index is 2.07. The second-order valence-electron chi connectivity index (χ2n) is 6.34. The van der Waals surface area contributed by atoms with Crippen LogP contribution < -0.4 is 0 Å². The molecule has 1 saturated heterocycles. The molecule has 0 bridgehead atoms. The van der Waals surface area contributed by atoms with Gasteiger partial charge in [-0.2, -0.15) is 0 Å². The molecule has 1 aliphatic rings. The first-order valence-electron chi connectivity index (χ1n) is 7.96. The van der Waals surface area contributed by atoms with Gasteiger partial charge in [0.05, 0.1) is 6.61 Å². The van der Waals surface area contributed by atoms with Crippen molar-refractivity contribution in [1.29, 1.82) is 0 Å². The SMILES string of the molecule is Cc1cc(C(=O)N2C[C@@H](CN(C)CCO)[C@@H](CO)C2)nc(C)n1. The molecule has 0 aromatic carbocycles. The number of aliphatic hydroxyl groups is 2. The molecule has 0 saturated carbocycles. The number of aromatic nitrogens is 2. The minimum Gasteiger partial charge on any atom is -0.396 e. The number of carbonyl (C=O) groups is 1. The average Bonchev–Trinajstić information content (AvgIpc) is 2.88. The van der Waals surface area contributed by atoms with Crippen molar-refractivity contribution >= 4 is 5.91 Å². The van der Waals surface area contributed by atoms with Crippen molar-refractivity contribution in [3.63, 3.8) is 0 Å². The van der Waals surface area contributed by atoms with E-state index in [1.807, 2.05) is 18.9 Å². The van der Waals surface area contributed by atoms with Gasteiger partial charge in [-0.3, -0.25) is 4.79 Å². The fourth-order valence-corrected chi connectivity index (χ4v) is 3.17. The van der Waals surface area contributed by atoms with Gasteiger partial charge in [0.2, 0.25) is 0 Å². The maximum Gasteiger partial charge on any atom is 0.272 e. The minimum absolute atomic E-state index is 0.0588. The molecule has 7 heteroatoms. The Morgan fingerprint density at radius 1 is 1.30 bits per heavy atom. The zero-order valence-corrected chi connectivity index (χ0v) is 14.1. The second kappa shape index (κ2) is 7.81. The number of amides is 1. The summed E-state index contributed by atoms with van der Waals surface area (Å²) in [4.78, 5) is 24.9. The van der Waals surface area contributed by atoms with Crippen molar-refractivity contribution in [2.75, 3.05) is 46.4 Å². The third-order valence-electron chi connectivity index (χ3n) is 4.31. The van der Waals surface area contributed by atoms with E-state index in [1.165, 1.54) is 0 Å². The Bertz CT molecular complexity index is 532. The van der Waals surface area contributed by atoms with Crippen LogP contribution >= 0.6 is 0 Å². The molecule has 2 heterocycles. The minimum atomic E-state index is -0.107. The summed E-state index contributed by atoms with van der Waals surface area (Å²) >= 11 is 0. The third kappa shape index (κ3) is 4.46. The fraction of sp³-hybridized carbons (Fsp3) is 0.688. The molecule has 1 amide bonds. The van der Waals surface area contributed by atoms with Gasteiger partial charge < -0.3 is 20.0 Å². The molecule has 0 unspecified atom stereocenters. The zero-order valence-electron chi connectivity index (χ0n) is 14.1. The molecule has 23 heavy (non-hydrogen) atoms. The van der Waals surface area contributed by atoms with Crippen LogP contribution in [0.4, 0.5) is 0 Å². The molecular formula is C16H26N4O3. The van der Waals surface area contributed by atoms with Crippen LogP contribution in [0.15, 0.2) is 6.07 Å². The van der Waals surface area contributed by atoms with Gasteiger partial charge >= 0.3 is 0 Å². The number of rotatable bonds is 6. The second-order valence-corrected chi connectivity index (χ2v) is 6.34. The maximum atomic E-state index is 12.7. The highest BCUT2D eigenvalue weighted by atomic mass is 16.3. The van der Waals surface area contributed by atoms with Gasteiger partial charge in [-0.1, -0.05) is 0 Å². The normalized spacial score (nSPS) is 21.2. The summed E-state index contributed by atoms with van der Waals surface area (Å²) in [5.41, 5.74) is 1.19. The number of aryl methyl sites for hydroxylation is 2. The summed E-state index contributed by atoms with van der Waals surface area (Å²) in [5, 5.41) is 18.6. The monoisotopic (exact) mass is 322 g/mol. The first kappa shape index (κ1) is 17.8. The Hall–Kier alpha value is -1.57. The van der Waals surface area contributed by atoms with E-state index >= 15 is 0 Å². The zero-order chi connectivity index (χ0) is 17.0. The molecule has 1 fully saturated rings. The van der Waals surface area contributed by atoms with E-state index in [9.17, 15) is 9.90 Å². The molecule has 0 spiro atoms. The number of likely N-dealkylation sites (N-methyl/N-ethyl adjacent to an activating group) is 1. The summed E-state index contributed by atoms with van der Waals surface area (Å²) in [7, 11) is 1.94. The standard InChI is InChI=1S/C16H26N4O3/c1-11-6-15(18-12(2)17-11)16(23)20-8-13(14(9-20)10-22)7-19(3)4-5-21/h6,13-14,21-22H,4-5,7-10H2,1-3H3/t13-,14-/m1/s1. The van der Waals surface area contributed by atoms with Gasteiger partial charge in [0, 0.05) is 44.4 Å². The number of carbonyl (C=O) groups excluding carboxylic acids is 1. The van der Waals surface area contributed by atoms with E-state index in [4.69, 9.17) is 5.11 Å². The van der Waals surface area contributed by atoms with E-state index < -0.39 is 0 Å². The van der Waals surface area contributed by atoms with E-state index in [2.05, 4.69) is 9.97 Å². The quantitative estimate of drug-likeness (QED) is 0.747. The molecule has 1 aromatic rings. The number of nitrogens with zero attached hydrogens (tertiary/aromatic N) is 4. The van der Waals surface area contributed by atoms with Crippen molar-refractivity contribution < 1.29 is 15.0 Å². The predicted octanol–water partition coefficient (Wildman–Crippen LogP) is -0.302. The Kier molecular flexibility index (Phi) is 6.04. The molecule has 128 valence electrons. The predicted molar refractivity (Wildman–Crippen MR) is 86.1 cm³/mol. The van der Waals surface area contributed by atoms with Crippen molar-refractivity contribution in [2.45, 2.75) is 13.8 Å². The molecule has 2 rings (SSSR count). The lowest BCUT2D eigenvalue weighted by Gasteiger charge is -2.23. The number of likely N-dealkylation sites (tertiary alicyclic amines) is 1. The van der Waals surface area contributed by atoms with Crippen LogP contribution in [0, 0.1) is 25.7 Å². The van der Waals surface area contributed by atoms with Gasteiger partial charge in [0.15, 0.2) is 0 Å². The Labute approximate surface area is 137 Å². The summed E-state index contributed by atoms with van der Waals surface area (Å²) in [6.45, 7) is 6.26. The highest BCUT2D eigenvalue weighted by Crippen LogP contribution is 2.25. The summed E-state index contributed by atoms with van der Waals surface area (Å²) in [6.07, 6.45) is 0. The average molecular weight is 322 g/mol. The highest BCUT2D eigenvalue weighted by molar-refractivity contribution is 5.92. The van der Waals surface area contributed by atoms with Crippen LogP contribution in [0.5, 0.6) is 0 Å². The van der Waals surface area contributed by atoms with Crippen LogP contribution in [0.3, 0.4) is 0 Å². The molecule has 7 nitrogen and oxygen atoms in total. The largest absolute Gasteiger partial charge is 0.396 e. The first-order valence-corrected chi connectivity index (χ1v) is 7.96. The van der Waals surface area contributed by atoms with E-state index in [-0.39, 0.29) is 31.0 Å². The summed E-state index contributed by atoms with van der Waals surface area (Å²) in [6, 6.07) is 1.70. The van der Waals surface area contributed by atoms with Crippen LogP contribution in [0.25, 0.3) is 0 Å². The lowest BCUT2D eigenvalue weighted by Crippen LogP contribution is -2.33. The Morgan fingerprint density at radius 3 is 2.61 bits per heavy atom. The fourth-order valence-electron chi connectivity index (χ4n) is 3.17. The van der Waals surface area contributed by atoms with Crippen molar-refractivity contribution in [3.05, 3.63) is 23.3 Å². The van der Waals surface area contributed by atoms with Crippen molar-refractivity contribution in [3.8, 4) is 0 Å². The smallest absolute Gasteiger partial charge is 0.272 e. The van der Waals surface area contributed by atoms with Crippen LogP contribution in [0.1, 0.15) is 22.0 Å².